The van der Waals surface area contributed by atoms with Gasteiger partial charge in [-0.1, -0.05) is 22.9 Å². The molecule has 0 saturated heterocycles. The number of hydrogen-bond acceptors (Lipinski definition) is 3. The maximum absolute atomic E-state index is 12.2. The summed E-state index contributed by atoms with van der Waals surface area (Å²) in [6.07, 6.45) is 0.701. The molecule has 0 aliphatic rings. The van der Waals surface area contributed by atoms with Crippen LogP contribution < -0.4 is 10.0 Å². The lowest BCUT2D eigenvalue weighted by Crippen LogP contribution is -2.32. The molecule has 2 aromatic rings. The highest BCUT2D eigenvalue weighted by Crippen LogP contribution is 2.16. The fourth-order valence-electron chi connectivity index (χ4n) is 1.94. The summed E-state index contributed by atoms with van der Waals surface area (Å²) >= 11 is 3.33. The SMILES string of the molecule is CC[C@H](C)NS(=O)(=O)c1ccc(C(=O)Nc2ccc(Br)cc2)cc1. The van der Waals surface area contributed by atoms with Crippen molar-refractivity contribution < 1.29 is 13.2 Å². The summed E-state index contributed by atoms with van der Waals surface area (Å²) in [5, 5.41) is 2.76. The summed E-state index contributed by atoms with van der Waals surface area (Å²) in [5.41, 5.74) is 1.05. The Morgan fingerprint density at radius 3 is 2.21 bits per heavy atom. The number of amides is 1. The van der Waals surface area contributed by atoms with Gasteiger partial charge in [0.1, 0.15) is 0 Å². The van der Waals surface area contributed by atoms with Crippen LogP contribution >= 0.6 is 15.9 Å². The summed E-state index contributed by atoms with van der Waals surface area (Å²) in [7, 11) is -3.56. The molecule has 0 aliphatic carbocycles. The number of carbonyl (C=O) groups excluding carboxylic acids is 1. The third-order valence-electron chi connectivity index (χ3n) is 3.50. The van der Waals surface area contributed by atoms with Gasteiger partial charge in [-0.3, -0.25) is 4.79 Å². The number of rotatable bonds is 6. The van der Waals surface area contributed by atoms with Crippen molar-refractivity contribution in [3.8, 4) is 0 Å². The van der Waals surface area contributed by atoms with Crippen molar-refractivity contribution in [3.63, 3.8) is 0 Å². The van der Waals surface area contributed by atoms with Crippen LogP contribution in [0.2, 0.25) is 0 Å². The Morgan fingerprint density at radius 2 is 1.67 bits per heavy atom. The van der Waals surface area contributed by atoms with Crippen molar-refractivity contribution in [2.24, 2.45) is 0 Å². The molecule has 0 spiro atoms. The lowest BCUT2D eigenvalue weighted by molar-refractivity contribution is 0.102. The fraction of sp³-hybridized carbons (Fsp3) is 0.235. The van der Waals surface area contributed by atoms with Crippen molar-refractivity contribution in [2.75, 3.05) is 5.32 Å². The Labute approximate surface area is 150 Å². The van der Waals surface area contributed by atoms with Gasteiger partial charge in [0.15, 0.2) is 0 Å². The summed E-state index contributed by atoms with van der Waals surface area (Å²) in [6.45, 7) is 3.71. The van der Waals surface area contributed by atoms with Crippen molar-refractivity contribution in [1.82, 2.24) is 4.72 Å². The van der Waals surface area contributed by atoms with E-state index < -0.39 is 10.0 Å². The zero-order valence-corrected chi connectivity index (χ0v) is 15.8. The van der Waals surface area contributed by atoms with Gasteiger partial charge in [-0.2, -0.15) is 0 Å². The minimum atomic E-state index is -3.56. The Kier molecular flexibility index (Phi) is 6.15. The first-order valence-corrected chi connectivity index (χ1v) is 9.78. The number of anilines is 1. The molecular weight excluding hydrogens is 392 g/mol. The molecule has 0 aromatic heterocycles. The van der Waals surface area contributed by atoms with E-state index in [2.05, 4.69) is 26.0 Å². The standard InChI is InChI=1S/C17H19BrN2O3S/c1-3-12(2)20-24(22,23)16-10-4-13(5-11-16)17(21)19-15-8-6-14(18)7-9-15/h4-12,20H,3H2,1-2H3,(H,19,21)/t12-/m0/s1. The van der Waals surface area contributed by atoms with Crippen molar-refractivity contribution in [1.29, 1.82) is 0 Å². The topological polar surface area (TPSA) is 75.3 Å². The van der Waals surface area contributed by atoms with Crippen molar-refractivity contribution >= 4 is 37.5 Å². The summed E-state index contributed by atoms with van der Waals surface area (Å²) < 4.78 is 27.9. The Bertz CT molecular complexity index is 803. The highest BCUT2D eigenvalue weighted by Gasteiger charge is 2.17. The lowest BCUT2D eigenvalue weighted by Gasteiger charge is -2.12. The molecule has 2 aromatic carbocycles. The summed E-state index contributed by atoms with van der Waals surface area (Å²) in [4.78, 5) is 12.3. The second kappa shape index (κ2) is 7.92. The maximum atomic E-state index is 12.2. The van der Waals surface area contributed by atoms with Gasteiger partial charge < -0.3 is 5.32 Å². The van der Waals surface area contributed by atoms with Gasteiger partial charge in [0, 0.05) is 21.8 Å². The second-order valence-electron chi connectivity index (χ2n) is 5.42. The monoisotopic (exact) mass is 410 g/mol. The van der Waals surface area contributed by atoms with Crippen LogP contribution in [0.1, 0.15) is 30.6 Å². The quantitative estimate of drug-likeness (QED) is 0.760. The van der Waals surface area contributed by atoms with Gasteiger partial charge >= 0.3 is 0 Å². The molecule has 2 rings (SSSR count). The molecule has 24 heavy (non-hydrogen) atoms. The zero-order valence-electron chi connectivity index (χ0n) is 13.4. The highest BCUT2D eigenvalue weighted by molar-refractivity contribution is 9.10. The van der Waals surface area contributed by atoms with Gasteiger partial charge in [-0.25, -0.2) is 13.1 Å². The largest absolute Gasteiger partial charge is 0.322 e. The van der Waals surface area contributed by atoms with Crippen molar-refractivity contribution in [3.05, 3.63) is 58.6 Å². The van der Waals surface area contributed by atoms with E-state index in [9.17, 15) is 13.2 Å². The maximum Gasteiger partial charge on any atom is 0.255 e. The predicted molar refractivity (Wildman–Crippen MR) is 98.6 cm³/mol. The van der Waals surface area contributed by atoms with E-state index in [0.29, 0.717) is 17.7 Å². The molecule has 1 atom stereocenters. The van der Waals surface area contributed by atoms with Crippen LogP contribution in [-0.4, -0.2) is 20.4 Å². The average molecular weight is 411 g/mol. The normalized spacial score (nSPS) is 12.6. The smallest absolute Gasteiger partial charge is 0.255 e. The first-order valence-electron chi connectivity index (χ1n) is 7.51. The van der Waals surface area contributed by atoms with E-state index in [4.69, 9.17) is 0 Å². The van der Waals surface area contributed by atoms with E-state index in [1.807, 2.05) is 19.1 Å². The molecule has 128 valence electrons. The van der Waals surface area contributed by atoms with Crippen LogP contribution in [-0.2, 0) is 10.0 Å². The Hall–Kier alpha value is -1.70. The van der Waals surface area contributed by atoms with Crippen LogP contribution in [0.3, 0.4) is 0 Å². The molecule has 5 nitrogen and oxygen atoms in total. The minimum Gasteiger partial charge on any atom is -0.322 e. The number of carbonyl (C=O) groups is 1. The van der Waals surface area contributed by atoms with Crippen LogP contribution in [0, 0.1) is 0 Å². The molecule has 1 amide bonds. The second-order valence-corrected chi connectivity index (χ2v) is 8.05. The van der Waals surface area contributed by atoms with Gasteiger partial charge in [-0.05, 0) is 61.9 Å². The lowest BCUT2D eigenvalue weighted by atomic mass is 10.2. The summed E-state index contributed by atoms with van der Waals surface area (Å²) in [5.74, 6) is -0.295. The van der Waals surface area contributed by atoms with E-state index in [-0.39, 0.29) is 16.8 Å². The summed E-state index contributed by atoms with van der Waals surface area (Å²) in [6, 6.07) is 12.9. The highest BCUT2D eigenvalue weighted by atomic mass is 79.9. The Balaban J connectivity index is 2.11. The van der Waals surface area contributed by atoms with E-state index in [0.717, 1.165) is 4.47 Å². The third-order valence-corrected chi connectivity index (χ3v) is 5.63. The molecule has 0 bridgehead atoms. The fourth-order valence-corrected chi connectivity index (χ4v) is 3.53. The molecule has 0 unspecified atom stereocenters. The van der Waals surface area contributed by atoms with Crippen LogP contribution in [0.15, 0.2) is 57.9 Å². The molecule has 0 saturated carbocycles. The van der Waals surface area contributed by atoms with E-state index in [1.54, 1.807) is 19.1 Å². The average Bonchev–Trinajstić information content (AvgIpc) is 2.56. The van der Waals surface area contributed by atoms with Gasteiger partial charge in [0.25, 0.3) is 5.91 Å². The number of hydrogen-bond donors (Lipinski definition) is 2. The zero-order chi connectivity index (χ0) is 17.7. The number of nitrogens with one attached hydrogen (secondary N) is 2. The number of halogens is 1. The first-order chi connectivity index (χ1) is 11.3. The van der Waals surface area contributed by atoms with Crippen LogP contribution in [0.5, 0.6) is 0 Å². The van der Waals surface area contributed by atoms with Gasteiger partial charge in [-0.15, -0.1) is 0 Å². The molecule has 7 heteroatoms. The molecule has 0 aliphatic heterocycles. The molecule has 2 N–H and O–H groups in total. The predicted octanol–water partition coefficient (Wildman–Crippen LogP) is 3.78. The van der Waals surface area contributed by atoms with Gasteiger partial charge in [0.05, 0.1) is 4.90 Å². The number of benzene rings is 2. The van der Waals surface area contributed by atoms with E-state index in [1.165, 1.54) is 24.3 Å². The van der Waals surface area contributed by atoms with Crippen LogP contribution in [0.25, 0.3) is 0 Å². The number of sulfonamides is 1. The molecule has 0 fully saturated rings. The van der Waals surface area contributed by atoms with Crippen LogP contribution in [0.4, 0.5) is 5.69 Å². The molecule has 0 heterocycles. The third kappa shape index (κ3) is 4.90. The minimum absolute atomic E-state index is 0.142. The molecule has 0 radical (unpaired) electrons. The van der Waals surface area contributed by atoms with Gasteiger partial charge in [0.2, 0.25) is 10.0 Å². The Morgan fingerprint density at radius 1 is 1.08 bits per heavy atom. The molecular formula is C17H19BrN2O3S. The first kappa shape index (κ1) is 18.6. The van der Waals surface area contributed by atoms with E-state index >= 15 is 0 Å². The van der Waals surface area contributed by atoms with Crippen molar-refractivity contribution in [2.45, 2.75) is 31.2 Å².